The maximum absolute atomic E-state index is 12.0. The number of amides is 1. The second-order valence-corrected chi connectivity index (χ2v) is 5.44. The molecule has 0 fully saturated rings. The van der Waals surface area contributed by atoms with E-state index in [0.717, 1.165) is 0 Å². The van der Waals surface area contributed by atoms with Crippen LogP contribution in [0.1, 0.15) is 35.9 Å². The standard InChI is InChI=1S/C16H22N4O2/c1-11(17-3)9-14-19-15(22-20-14)10-12(2)18-16(21)13-7-5-4-6-8-13/h4-8,11-12,17H,9-10H2,1-3H3,(H,18,21). The van der Waals surface area contributed by atoms with Crippen molar-refractivity contribution in [3.8, 4) is 0 Å². The molecule has 2 N–H and O–H groups in total. The second kappa shape index (κ2) is 7.70. The first-order chi connectivity index (χ1) is 10.6. The number of carbonyl (C=O) groups is 1. The van der Waals surface area contributed by atoms with Crippen molar-refractivity contribution < 1.29 is 9.32 Å². The fourth-order valence-electron chi connectivity index (χ4n) is 2.04. The summed E-state index contributed by atoms with van der Waals surface area (Å²) in [4.78, 5) is 16.4. The van der Waals surface area contributed by atoms with Crippen LogP contribution < -0.4 is 10.6 Å². The molecule has 1 amide bonds. The number of benzene rings is 1. The molecule has 22 heavy (non-hydrogen) atoms. The lowest BCUT2D eigenvalue weighted by molar-refractivity contribution is 0.0938. The Kier molecular flexibility index (Phi) is 5.66. The maximum Gasteiger partial charge on any atom is 0.251 e. The summed E-state index contributed by atoms with van der Waals surface area (Å²) in [5, 5.41) is 10.0. The number of nitrogens with one attached hydrogen (secondary N) is 2. The fraction of sp³-hybridized carbons (Fsp3) is 0.438. The van der Waals surface area contributed by atoms with E-state index in [1.807, 2.05) is 32.2 Å². The van der Waals surface area contributed by atoms with Gasteiger partial charge >= 0.3 is 0 Å². The van der Waals surface area contributed by atoms with Crippen LogP contribution >= 0.6 is 0 Å². The molecule has 0 spiro atoms. The van der Waals surface area contributed by atoms with Gasteiger partial charge in [-0.2, -0.15) is 4.98 Å². The zero-order chi connectivity index (χ0) is 15.9. The number of nitrogens with zero attached hydrogens (tertiary/aromatic N) is 2. The van der Waals surface area contributed by atoms with Crippen LogP contribution in [0, 0.1) is 0 Å². The molecule has 0 radical (unpaired) electrons. The summed E-state index contributed by atoms with van der Waals surface area (Å²) < 4.78 is 5.23. The van der Waals surface area contributed by atoms with E-state index in [2.05, 4.69) is 27.7 Å². The Labute approximate surface area is 130 Å². The molecule has 6 heteroatoms. The molecule has 6 nitrogen and oxygen atoms in total. The highest BCUT2D eigenvalue weighted by Gasteiger charge is 2.14. The van der Waals surface area contributed by atoms with E-state index in [1.165, 1.54) is 0 Å². The normalized spacial score (nSPS) is 13.6. The maximum atomic E-state index is 12.0. The van der Waals surface area contributed by atoms with E-state index in [9.17, 15) is 4.79 Å². The van der Waals surface area contributed by atoms with Crippen LogP contribution in [0.5, 0.6) is 0 Å². The Morgan fingerprint density at radius 2 is 1.91 bits per heavy atom. The largest absolute Gasteiger partial charge is 0.349 e. The molecule has 118 valence electrons. The van der Waals surface area contributed by atoms with Gasteiger partial charge in [0.2, 0.25) is 5.89 Å². The molecule has 1 aromatic heterocycles. The van der Waals surface area contributed by atoms with E-state index in [1.54, 1.807) is 12.1 Å². The van der Waals surface area contributed by atoms with Crippen LogP contribution in [0.4, 0.5) is 0 Å². The monoisotopic (exact) mass is 302 g/mol. The molecule has 2 rings (SSSR count). The lowest BCUT2D eigenvalue weighted by atomic mass is 10.2. The summed E-state index contributed by atoms with van der Waals surface area (Å²) >= 11 is 0. The van der Waals surface area contributed by atoms with E-state index < -0.39 is 0 Å². The van der Waals surface area contributed by atoms with Gasteiger partial charge < -0.3 is 15.2 Å². The first-order valence-electron chi connectivity index (χ1n) is 7.43. The zero-order valence-corrected chi connectivity index (χ0v) is 13.2. The summed E-state index contributed by atoms with van der Waals surface area (Å²) in [6, 6.07) is 9.34. The Balaban J connectivity index is 1.87. The molecule has 0 bridgehead atoms. The molecule has 2 aromatic rings. The summed E-state index contributed by atoms with van der Waals surface area (Å²) in [6.45, 7) is 3.97. The smallest absolute Gasteiger partial charge is 0.251 e. The molecule has 2 atom stereocenters. The molecule has 1 aromatic carbocycles. The summed E-state index contributed by atoms with van der Waals surface area (Å²) in [6.07, 6.45) is 1.23. The molecule has 0 aliphatic heterocycles. The number of carbonyl (C=O) groups excluding carboxylic acids is 1. The van der Waals surface area contributed by atoms with Crippen LogP contribution in [-0.4, -0.2) is 35.2 Å². The Bertz CT molecular complexity index is 597. The Hall–Kier alpha value is -2.21. The van der Waals surface area contributed by atoms with Crippen molar-refractivity contribution in [2.24, 2.45) is 0 Å². The molecular formula is C16H22N4O2. The fourth-order valence-corrected chi connectivity index (χ4v) is 2.04. The van der Waals surface area contributed by atoms with Gasteiger partial charge in [0, 0.05) is 30.5 Å². The highest BCUT2D eigenvalue weighted by molar-refractivity contribution is 5.94. The van der Waals surface area contributed by atoms with Gasteiger partial charge in [-0.05, 0) is 33.0 Å². The predicted octanol–water partition coefficient (Wildman–Crippen LogP) is 1.58. The molecule has 0 aliphatic rings. The van der Waals surface area contributed by atoms with Crippen LogP contribution in [0.2, 0.25) is 0 Å². The van der Waals surface area contributed by atoms with Crippen molar-refractivity contribution in [3.63, 3.8) is 0 Å². The third-order valence-electron chi connectivity index (χ3n) is 3.39. The van der Waals surface area contributed by atoms with Crippen molar-refractivity contribution in [1.82, 2.24) is 20.8 Å². The first-order valence-corrected chi connectivity index (χ1v) is 7.43. The minimum atomic E-state index is -0.100. The van der Waals surface area contributed by atoms with Gasteiger partial charge in [0.05, 0.1) is 0 Å². The number of aromatic nitrogens is 2. The van der Waals surface area contributed by atoms with Crippen LogP contribution in [0.25, 0.3) is 0 Å². The minimum absolute atomic E-state index is 0.0808. The number of likely N-dealkylation sites (N-methyl/N-ethyl adjacent to an activating group) is 1. The van der Waals surface area contributed by atoms with Crippen LogP contribution in [0.3, 0.4) is 0 Å². The van der Waals surface area contributed by atoms with Crippen LogP contribution in [0.15, 0.2) is 34.9 Å². The molecule has 0 saturated heterocycles. The van der Waals surface area contributed by atoms with Gasteiger partial charge in [0.15, 0.2) is 5.82 Å². The molecular weight excluding hydrogens is 280 g/mol. The third-order valence-corrected chi connectivity index (χ3v) is 3.39. The SMILES string of the molecule is CNC(C)Cc1noc(CC(C)NC(=O)c2ccccc2)n1. The lowest BCUT2D eigenvalue weighted by Crippen LogP contribution is -2.34. The van der Waals surface area contributed by atoms with E-state index in [4.69, 9.17) is 4.52 Å². The molecule has 1 heterocycles. The summed E-state index contributed by atoms with van der Waals surface area (Å²) in [7, 11) is 1.90. The predicted molar refractivity (Wildman–Crippen MR) is 83.6 cm³/mol. The van der Waals surface area contributed by atoms with Crippen molar-refractivity contribution in [2.75, 3.05) is 7.05 Å². The topological polar surface area (TPSA) is 80.0 Å². The van der Waals surface area contributed by atoms with Crippen molar-refractivity contribution in [1.29, 1.82) is 0 Å². The van der Waals surface area contributed by atoms with Crippen LogP contribution in [-0.2, 0) is 12.8 Å². The molecule has 0 saturated carbocycles. The zero-order valence-electron chi connectivity index (χ0n) is 13.2. The molecule has 0 aliphatic carbocycles. The van der Waals surface area contributed by atoms with Gasteiger partial charge in [0.25, 0.3) is 5.91 Å². The van der Waals surface area contributed by atoms with Gasteiger partial charge in [-0.15, -0.1) is 0 Å². The van der Waals surface area contributed by atoms with Gasteiger partial charge in [-0.1, -0.05) is 23.4 Å². The van der Waals surface area contributed by atoms with Gasteiger partial charge in [0.1, 0.15) is 0 Å². The average Bonchev–Trinajstić information content (AvgIpc) is 2.94. The number of hydrogen-bond donors (Lipinski definition) is 2. The minimum Gasteiger partial charge on any atom is -0.349 e. The molecule has 2 unspecified atom stereocenters. The van der Waals surface area contributed by atoms with Crippen molar-refractivity contribution in [3.05, 3.63) is 47.6 Å². The summed E-state index contributed by atoms with van der Waals surface area (Å²) in [5.41, 5.74) is 0.642. The third kappa shape index (κ3) is 4.66. The van der Waals surface area contributed by atoms with E-state index in [-0.39, 0.29) is 11.9 Å². The average molecular weight is 302 g/mol. The summed E-state index contributed by atoms with van der Waals surface area (Å²) in [5.74, 6) is 1.12. The van der Waals surface area contributed by atoms with E-state index in [0.29, 0.717) is 36.2 Å². The number of rotatable bonds is 7. The Morgan fingerprint density at radius 3 is 2.59 bits per heavy atom. The highest BCUT2D eigenvalue weighted by atomic mass is 16.5. The number of hydrogen-bond acceptors (Lipinski definition) is 5. The Morgan fingerprint density at radius 1 is 1.18 bits per heavy atom. The highest BCUT2D eigenvalue weighted by Crippen LogP contribution is 2.05. The van der Waals surface area contributed by atoms with Gasteiger partial charge in [-0.25, -0.2) is 0 Å². The quantitative estimate of drug-likeness (QED) is 0.811. The van der Waals surface area contributed by atoms with E-state index >= 15 is 0 Å². The van der Waals surface area contributed by atoms with Crippen molar-refractivity contribution >= 4 is 5.91 Å². The van der Waals surface area contributed by atoms with Gasteiger partial charge in [-0.3, -0.25) is 4.79 Å². The van der Waals surface area contributed by atoms with Crippen molar-refractivity contribution in [2.45, 2.75) is 38.8 Å². The lowest BCUT2D eigenvalue weighted by Gasteiger charge is -2.11. The second-order valence-electron chi connectivity index (χ2n) is 5.44. The first kappa shape index (κ1) is 16.2.